The number of aryl methyl sites for hydroxylation is 2. The van der Waals surface area contributed by atoms with E-state index in [4.69, 9.17) is 11.6 Å². The summed E-state index contributed by atoms with van der Waals surface area (Å²) in [5, 5.41) is 4.88. The number of hydrogen-bond acceptors (Lipinski definition) is 2. The first-order chi connectivity index (χ1) is 14.6. The summed E-state index contributed by atoms with van der Waals surface area (Å²) in [4.78, 5) is 12.3. The first-order valence-corrected chi connectivity index (χ1v) is 10.8. The number of aromatic nitrogens is 1. The molecule has 3 rings (SSSR count). The number of nitrogens with zero attached hydrogens (tertiary/aromatic N) is 2. The van der Waals surface area contributed by atoms with Crippen LogP contribution in [0, 0.1) is 20.8 Å². The van der Waals surface area contributed by atoms with Gasteiger partial charge in [0.15, 0.2) is 0 Å². The lowest BCUT2D eigenvalue weighted by Crippen LogP contribution is -2.20. The zero-order valence-corrected chi connectivity index (χ0v) is 19.8. The topological polar surface area (TPSA) is 46.4 Å². The fraction of sp³-hybridized carbons (Fsp3) is 0.308. The Morgan fingerprint density at radius 3 is 2.39 bits per heavy atom. The van der Waals surface area contributed by atoms with Gasteiger partial charge in [-0.15, -0.1) is 0 Å². The molecule has 162 valence electrons. The van der Waals surface area contributed by atoms with Crippen molar-refractivity contribution < 1.29 is 4.79 Å². The highest BCUT2D eigenvalue weighted by Crippen LogP contribution is 2.25. The SMILES string of the molecule is Cc1ccc(Cl)cc1-n1c(C)cc(/C=N\NC(=O)Cc2ccc(C(C)(C)C)cc2)c1C. The molecule has 0 aliphatic heterocycles. The smallest absolute Gasteiger partial charge is 0.244 e. The van der Waals surface area contributed by atoms with E-state index in [-0.39, 0.29) is 11.3 Å². The van der Waals surface area contributed by atoms with Crippen molar-refractivity contribution in [1.82, 2.24) is 9.99 Å². The largest absolute Gasteiger partial charge is 0.318 e. The summed E-state index contributed by atoms with van der Waals surface area (Å²) >= 11 is 6.21. The lowest BCUT2D eigenvalue weighted by atomic mass is 9.86. The molecule has 0 spiro atoms. The zero-order chi connectivity index (χ0) is 22.8. The van der Waals surface area contributed by atoms with Gasteiger partial charge in [0.25, 0.3) is 0 Å². The number of carbonyl (C=O) groups is 1. The number of benzene rings is 2. The van der Waals surface area contributed by atoms with E-state index in [2.05, 4.69) is 61.0 Å². The predicted octanol–water partition coefficient (Wildman–Crippen LogP) is 6.05. The van der Waals surface area contributed by atoms with Crippen molar-refractivity contribution in [2.24, 2.45) is 5.10 Å². The van der Waals surface area contributed by atoms with Crippen LogP contribution >= 0.6 is 11.6 Å². The highest BCUT2D eigenvalue weighted by molar-refractivity contribution is 6.30. The predicted molar refractivity (Wildman–Crippen MR) is 130 cm³/mol. The minimum Gasteiger partial charge on any atom is -0.318 e. The third-order valence-electron chi connectivity index (χ3n) is 5.46. The van der Waals surface area contributed by atoms with Gasteiger partial charge in [-0.05, 0) is 61.1 Å². The molecule has 0 unspecified atom stereocenters. The molecule has 0 aliphatic rings. The monoisotopic (exact) mass is 435 g/mol. The summed E-state index contributed by atoms with van der Waals surface area (Å²) in [6, 6.07) is 16.1. The molecule has 4 nitrogen and oxygen atoms in total. The van der Waals surface area contributed by atoms with E-state index in [9.17, 15) is 4.79 Å². The molecule has 0 atom stereocenters. The molecule has 1 N–H and O–H groups in total. The lowest BCUT2D eigenvalue weighted by molar-refractivity contribution is -0.120. The fourth-order valence-electron chi connectivity index (χ4n) is 3.63. The van der Waals surface area contributed by atoms with Crippen LogP contribution in [-0.2, 0) is 16.6 Å². The number of amides is 1. The first-order valence-electron chi connectivity index (χ1n) is 10.4. The fourth-order valence-corrected chi connectivity index (χ4v) is 3.80. The van der Waals surface area contributed by atoms with Gasteiger partial charge in [0, 0.05) is 27.7 Å². The Labute approximate surface area is 189 Å². The second-order valence-corrected chi connectivity index (χ2v) is 9.45. The molecular formula is C26H30ClN3O. The van der Waals surface area contributed by atoms with Crippen molar-refractivity contribution >= 4 is 23.7 Å². The Kier molecular flexibility index (Phi) is 6.71. The van der Waals surface area contributed by atoms with Crippen molar-refractivity contribution in [3.63, 3.8) is 0 Å². The van der Waals surface area contributed by atoms with Crippen LogP contribution in [0.3, 0.4) is 0 Å². The second kappa shape index (κ2) is 9.11. The minimum atomic E-state index is -0.140. The van der Waals surface area contributed by atoms with Crippen molar-refractivity contribution in [2.45, 2.75) is 53.4 Å². The van der Waals surface area contributed by atoms with Gasteiger partial charge in [0.2, 0.25) is 5.91 Å². The van der Waals surface area contributed by atoms with Gasteiger partial charge in [-0.2, -0.15) is 5.10 Å². The van der Waals surface area contributed by atoms with Gasteiger partial charge in [0.05, 0.1) is 12.6 Å². The van der Waals surface area contributed by atoms with E-state index in [1.165, 1.54) is 5.56 Å². The molecule has 1 aromatic heterocycles. The number of nitrogens with one attached hydrogen (secondary N) is 1. The standard InChI is InChI=1S/C26H30ClN3O/c1-17-7-12-23(27)15-24(17)30-18(2)13-21(19(30)3)16-28-29-25(31)14-20-8-10-22(11-9-20)26(4,5)6/h7-13,15-16H,14H2,1-6H3,(H,29,31)/b28-16-. The number of hydrogen-bond donors (Lipinski definition) is 1. The average molecular weight is 436 g/mol. The van der Waals surface area contributed by atoms with Crippen LogP contribution in [0.4, 0.5) is 0 Å². The van der Waals surface area contributed by atoms with Crippen molar-refractivity contribution in [2.75, 3.05) is 0 Å². The van der Waals surface area contributed by atoms with Crippen LogP contribution < -0.4 is 5.43 Å². The van der Waals surface area contributed by atoms with E-state index in [0.717, 1.165) is 33.8 Å². The molecule has 0 fully saturated rings. The van der Waals surface area contributed by atoms with E-state index in [1.54, 1.807) is 6.21 Å². The van der Waals surface area contributed by atoms with Gasteiger partial charge in [-0.25, -0.2) is 5.43 Å². The molecule has 1 heterocycles. The number of rotatable bonds is 5. The first kappa shape index (κ1) is 22.8. The summed E-state index contributed by atoms with van der Waals surface area (Å²) in [5.41, 5.74) is 10.2. The third-order valence-corrected chi connectivity index (χ3v) is 5.69. The van der Waals surface area contributed by atoms with Gasteiger partial charge in [0.1, 0.15) is 0 Å². The normalized spacial score (nSPS) is 11.8. The molecule has 0 saturated carbocycles. The van der Waals surface area contributed by atoms with Crippen LogP contribution in [0.2, 0.25) is 5.02 Å². The molecular weight excluding hydrogens is 406 g/mol. The molecule has 3 aromatic rings. The van der Waals surface area contributed by atoms with E-state index in [0.29, 0.717) is 11.4 Å². The molecule has 0 aliphatic carbocycles. The molecule has 1 amide bonds. The van der Waals surface area contributed by atoms with Crippen molar-refractivity contribution in [1.29, 1.82) is 0 Å². The molecule has 0 saturated heterocycles. The lowest BCUT2D eigenvalue weighted by Gasteiger charge is -2.19. The summed E-state index contributed by atoms with van der Waals surface area (Å²) < 4.78 is 2.15. The summed E-state index contributed by atoms with van der Waals surface area (Å²) in [6.07, 6.45) is 1.99. The van der Waals surface area contributed by atoms with E-state index in [1.807, 2.05) is 44.2 Å². The molecule has 2 aromatic carbocycles. The van der Waals surface area contributed by atoms with E-state index < -0.39 is 0 Å². The molecule has 0 radical (unpaired) electrons. The average Bonchev–Trinajstić information content (AvgIpc) is 2.97. The van der Waals surface area contributed by atoms with Crippen LogP contribution in [0.5, 0.6) is 0 Å². The quantitative estimate of drug-likeness (QED) is 0.385. The highest BCUT2D eigenvalue weighted by atomic mass is 35.5. The Morgan fingerprint density at radius 2 is 1.74 bits per heavy atom. The van der Waals surface area contributed by atoms with E-state index >= 15 is 0 Å². The highest BCUT2D eigenvalue weighted by Gasteiger charge is 2.14. The second-order valence-electron chi connectivity index (χ2n) is 9.01. The van der Waals surface area contributed by atoms with Gasteiger partial charge >= 0.3 is 0 Å². The van der Waals surface area contributed by atoms with Crippen molar-refractivity contribution in [3.05, 3.63) is 87.2 Å². The summed E-state index contributed by atoms with van der Waals surface area (Å²) in [6.45, 7) is 12.7. The Bertz CT molecular complexity index is 1120. The van der Waals surface area contributed by atoms with Gasteiger partial charge in [-0.3, -0.25) is 4.79 Å². The number of halogens is 1. The van der Waals surface area contributed by atoms with Crippen LogP contribution in [-0.4, -0.2) is 16.7 Å². The van der Waals surface area contributed by atoms with Crippen LogP contribution in [0.25, 0.3) is 5.69 Å². The van der Waals surface area contributed by atoms with Crippen molar-refractivity contribution in [3.8, 4) is 5.69 Å². The summed E-state index contributed by atoms with van der Waals surface area (Å²) in [7, 11) is 0. The van der Waals surface area contributed by atoms with Crippen LogP contribution in [0.15, 0.2) is 53.6 Å². The Hall–Kier alpha value is -2.85. The third kappa shape index (κ3) is 5.45. The van der Waals surface area contributed by atoms with Gasteiger partial charge < -0.3 is 4.57 Å². The maximum absolute atomic E-state index is 12.3. The number of carbonyl (C=O) groups excluding carboxylic acids is 1. The molecule has 0 bridgehead atoms. The maximum atomic E-state index is 12.3. The maximum Gasteiger partial charge on any atom is 0.244 e. The zero-order valence-electron chi connectivity index (χ0n) is 19.1. The number of hydrazone groups is 1. The summed E-state index contributed by atoms with van der Waals surface area (Å²) in [5.74, 6) is -0.140. The van der Waals surface area contributed by atoms with Crippen LogP contribution in [0.1, 0.15) is 54.4 Å². The minimum absolute atomic E-state index is 0.0983. The molecule has 31 heavy (non-hydrogen) atoms. The Balaban J connectivity index is 1.69. The van der Waals surface area contributed by atoms with Gasteiger partial charge in [-0.1, -0.05) is 62.7 Å². The molecule has 5 heteroatoms. The Morgan fingerprint density at radius 1 is 1.06 bits per heavy atom.